The minimum Gasteiger partial charge on any atom is -0.451 e. The van der Waals surface area contributed by atoms with Gasteiger partial charge in [-0.15, -0.1) is 0 Å². The van der Waals surface area contributed by atoms with Gasteiger partial charge in [0.15, 0.2) is 5.76 Å². The van der Waals surface area contributed by atoms with Crippen molar-refractivity contribution in [2.24, 2.45) is 0 Å². The summed E-state index contributed by atoms with van der Waals surface area (Å²) in [6.07, 6.45) is 0. The minimum absolute atomic E-state index is 0.115. The molecule has 0 saturated carbocycles. The van der Waals surface area contributed by atoms with E-state index in [-0.39, 0.29) is 17.6 Å². The highest BCUT2D eigenvalue weighted by Gasteiger charge is 2.23. The normalized spacial score (nSPS) is 14.3. The average molecular weight is 364 g/mol. The summed E-state index contributed by atoms with van der Waals surface area (Å²) in [6.45, 7) is 4.00. The number of nitrogens with one attached hydrogen (secondary N) is 1. The Labute approximate surface area is 156 Å². The first-order valence-corrected chi connectivity index (χ1v) is 8.90. The van der Waals surface area contributed by atoms with E-state index in [4.69, 9.17) is 9.15 Å². The second-order valence-electron chi connectivity index (χ2n) is 6.46. The topological polar surface area (TPSA) is 71.8 Å². The van der Waals surface area contributed by atoms with Gasteiger partial charge in [-0.2, -0.15) is 0 Å². The van der Waals surface area contributed by atoms with Crippen molar-refractivity contribution in [3.63, 3.8) is 0 Å². The highest BCUT2D eigenvalue weighted by molar-refractivity contribution is 6.10. The molecule has 2 aromatic carbocycles. The molecule has 1 aromatic heterocycles. The number of hydrogen-bond acceptors (Lipinski definition) is 4. The SMILES string of the molecule is Cc1c(C(=O)Nc2ccccc2C(=O)N2CCOCC2)oc2ccccc12. The maximum absolute atomic E-state index is 12.8. The summed E-state index contributed by atoms with van der Waals surface area (Å²) in [6, 6.07) is 14.5. The lowest BCUT2D eigenvalue weighted by Crippen LogP contribution is -2.41. The first-order valence-electron chi connectivity index (χ1n) is 8.90. The molecule has 0 radical (unpaired) electrons. The molecule has 2 heterocycles. The van der Waals surface area contributed by atoms with Crippen molar-refractivity contribution in [2.45, 2.75) is 6.92 Å². The number of morpholine rings is 1. The van der Waals surface area contributed by atoms with E-state index >= 15 is 0 Å². The Morgan fingerprint density at radius 1 is 1.00 bits per heavy atom. The quantitative estimate of drug-likeness (QED) is 0.772. The fourth-order valence-corrected chi connectivity index (χ4v) is 3.29. The highest BCUT2D eigenvalue weighted by Crippen LogP contribution is 2.26. The zero-order valence-corrected chi connectivity index (χ0v) is 15.0. The fourth-order valence-electron chi connectivity index (χ4n) is 3.29. The number of para-hydroxylation sites is 2. The van der Waals surface area contributed by atoms with Gasteiger partial charge in [0, 0.05) is 24.0 Å². The molecule has 27 heavy (non-hydrogen) atoms. The van der Waals surface area contributed by atoms with Gasteiger partial charge in [0.1, 0.15) is 5.58 Å². The molecule has 1 fully saturated rings. The Hall–Kier alpha value is -3.12. The number of carbonyl (C=O) groups excluding carboxylic acids is 2. The van der Waals surface area contributed by atoms with E-state index < -0.39 is 0 Å². The van der Waals surface area contributed by atoms with Crippen molar-refractivity contribution in [3.8, 4) is 0 Å². The van der Waals surface area contributed by atoms with Gasteiger partial charge < -0.3 is 19.4 Å². The number of furan rings is 1. The van der Waals surface area contributed by atoms with Crippen molar-refractivity contribution in [1.82, 2.24) is 4.90 Å². The number of ether oxygens (including phenoxy) is 1. The molecule has 0 spiro atoms. The van der Waals surface area contributed by atoms with Crippen molar-refractivity contribution < 1.29 is 18.7 Å². The number of nitrogens with zero attached hydrogens (tertiary/aromatic N) is 1. The average Bonchev–Trinajstić information content (AvgIpc) is 3.06. The Bertz CT molecular complexity index is 1000. The van der Waals surface area contributed by atoms with E-state index in [1.165, 1.54) is 0 Å². The molecule has 2 amide bonds. The maximum atomic E-state index is 12.8. The van der Waals surface area contributed by atoms with Crippen molar-refractivity contribution in [1.29, 1.82) is 0 Å². The fraction of sp³-hybridized carbons (Fsp3) is 0.238. The van der Waals surface area contributed by atoms with Crippen LogP contribution in [0.5, 0.6) is 0 Å². The van der Waals surface area contributed by atoms with E-state index in [0.717, 1.165) is 10.9 Å². The Kier molecular flexibility index (Phi) is 4.64. The van der Waals surface area contributed by atoms with Crippen LogP contribution in [0.3, 0.4) is 0 Å². The van der Waals surface area contributed by atoms with Gasteiger partial charge in [0.25, 0.3) is 11.8 Å². The van der Waals surface area contributed by atoms with Crippen molar-refractivity contribution in [3.05, 3.63) is 65.4 Å². The number of rotatable bonds is 3. The smallest absolute Gasteiger partial charge is 0.291 e. The van der Waals surface area contributed by atoms with E-state index in [0.29, 0.717) is 43.1 Å². The predicted molar refractivity (Wildman–Crippen MR) is 102 cm³/mol. The number of amides is 2. The monoisotopic (exact) mass is 364 g/mol. The Morgan fingerprint density at radius 3 is 2.48 bits per heavy atom. The van der Waals surface area contributed by atoms with Gasteiger partial charge in [0.05, 0.1) is 24.5 Å². The van der Waals surface area contributed by atoms with Gasteiger partial charge in [-0.25, -0.2) is 0 Å². The molecule has 1 saturated heterocycles. The van der Waals surface area contributed by atoms with Crippen LogP contribution in [0.2, 0.25) is 0 Å². The largest absolute Gasteiger partial charge is 0.451 e. The highest BCUT2D eigenvalue weighted by atomic mass is 16.5. The van der Waals surface area contributed by atoms with Crippen LogP contribution < -0.4 is 5.32 Å². The van der Waals surface area contributed by atoms with Crippen LogP contribution in [0, 0.1) is 6.92 Å². The van der Waals surface area contributed by atoms with Crippen LogP contribution in [0.15, 0.2) is 52.9 Å². The Balaban J connectivity index is 1.61. The van der Waals surface area contributed by atoms with Crippen molar-refractivity contribution >= 4 is 28.5 Å². The molecule has 0 unspecified atom stereocenters. The number of hydrogen-bond donors (Lipinski definition) is 1. The molecular weight excluding hydrogens is 344 g/mol. The lowest BCUT2D eigenvalue weighted by Gasteiger charge is -2.27. The first kappa shape index (κ1) is 17.3. The zero-order chi connectivity index (χ0) is 18.8. The number of aryl methyl sites for hydroxylation is 1. The van der Waals surface area contributed by atoms with Gasteiger partial charge in [-0.05, 0) is 25.1 Å². The minimum atomic E-state index is -0.370. The van der Waals surface area contributed by atoms with Crippen LogP contribution in [-0.2, 0) is 4.74 Å². The second kappa shape index (κ2) is 7.25. The van der Waals surface area contributed by atoms with E-state index in [1.54, 1.807) is 29.2 Å². The zero-order valence-electron chi connectivity index (χ0n) is 15.0. The molecule has 1 N–H and O–H groups in total. The number of fused-ring (bicyclic) bond motifs is 1. The standard InChI is InChI=1S/C21H20N2O4/c1-14-15-6-3-5-9-18(15)27-19(14)20(24)22-17-8-4-2-7-16(17)21(25)23-10-12-26-13-11-23/h2-9H,10-13H2,1H3,(H,22,24). The lowest BCUT2D eigenvalue weighted by molar-refractivity contribution is 0.0303. The summed E-state index contributed by atoms with van der Waals surface area (Å²) in [5, 5.41) is 3.74. The summed E-state index contributed by atoms with van der Waals surface area (Å²) >= 11 is 0. The molecule has 0 atom stereocenters. The molecule has 4 rings (SSSR count). The predicted octanol–water partition coefficient (Wildman–Crippen LogP) is 3.47. The molecule has 6 heteroatoms. The summed E-state index contributed by atoms with van der Waals surface area (Å²) in [4.78, 5) is 27.4. The third kappa shape index (κ3) is 3.31. The molecule has 3 aromatic rings. The van der Waals surface area contributed by atoms with Gasteiger partial charge >= 0.3 is 0 Å². The number of anilines is 1. The summed E-state index contributed by atoms with van der Waals surface area (Å²) in [5.74, 6) is -0.230. The second-order valence-corrected chi connectivity index (χ2v) is 6.46. The Morgan fingerprint density at radius 2 is 1.70 bits per heavy atom. The first-order chi connectivity index (χ1) is 13.1. The van der Waals surface area contributed by atoms with Crippen LogP contribution >= 0.6 is 0 Å². The van der Waals surface area contributed by atoms with E-state index in [9.17, 15) is 9.59 Å². The molecular formula is C21H20N2O4. The van der Waals surface area contributed by atoms with Gasteiger partial charge in [-0.3, -0.25) is 9.59 Å². The summed E-state index contributed by atoms with van der Waals surface area (Å²) < 4.78 is 11.0. The van der Waals surface area contributed by atoms with Crippen LogP contribution in [-0.4, -0.2) is 43.0 Å². The molecule has 0 aliphatic carbocycles. The summed E-state index contributed by atoms with van der Waals surface area (Å²) in [7, 11) is 0. The van der Waals surface area contributed by atoms with Crippen molar-refractivity contribution in [2.75, 3.05) is 31.6 Å². The van der Waals surface area contributed by atoms with Crippen LogP contribution in [0.1, 0.15) is 26.5 Å². The number of carbonyl (C=O) groups is 2. The van der Waals surface area contributed by atoms with Crippen LogP contribution in [0.25, 0.3) is 11.0 Å². The van der Waals surface area contributed by atoms with E-state index in [1.807, 2.05) is 31.2 Å². The van der Waals surface area contributed by atoms with E-state index in [2.05, 4.69) is 5.32 Å². The van der Waals surface area contributed by atoms with Gasteiger partial charge in [-0.1, -0.05) is 30.3 Å². The molecule has 1 aliphatic rings. The molecule has 1 aliphatic heterocycles. The molecule has 0 bridgehead atoms. The summed E-state index contributed by atoms with van der Waals surface area (Å²) in [5.41, 5.74) is 2.37. The maximum Gasteiger partial charge on any atom is 0.291 e. The molecule has 138 valence electrons. The third-order valence-electron chi connectivity index (χ3n) is 4.75. The molecule has 6 nitrogen and oxygen atoms in total. The number of benzene rings is 2. The van der Waals surface area contributed by atoms with Gasteiger partial charge in [0.2, 0.25) is 0 Å². The third-order valence-corrected chi connectivity index (χ3v) is 4.75. The lowest BCUT2D eigenvalue weighted by atomic mass is 10.1. The van der Waals surface area contributed by atoms with Crippen LogP contribution in [0.4, 0.5) is 5.69 Å².